The molecule has 0 radical (unpaired) electrons. The van der Waals surface area contributed by atoms with E-state index in [9.17, 15) is 0 Å². The maximum atomic E-state index is 5.82. The zero-order valence-corrected chi connectivity index (χ0v) is 8.84. The summed E-state index contributed by atoms with van der Waals surface area (Å²) in [5.74, 6) is 0.741. The van der Waals surface area contributed by atoms with E-state index in [0.717, 1.165) is 17.9 Å². The predicted octanol–water partition coefficient (Wildman–Crippen LogP) is 0.789. The second-order valence-corrected chi connectivity index (χ2v) is 3.96. The summed E-state index contributed by atoms with van der Waals surface area (Å²) < 4.78 is 2.18. The van der Waals surface area contributed by atoms with Crippen LogP contribution in [0.4, 0.5) is 5.82 Å². The number of aromatic amines is 1. The summed E-state index contributed by atoms with van der Waals surface area (Å²) in [4.78, 5) is 3.00. The van der Waals surface area contributed by atoms with Crippen molar-refractivity contribution in [2.75, 3.05) is 5.73 Å². The van der Waals surface area contributed by atoms with Crippen molar-refractivity contribution in [1.29, 1.82) is 0 Å². The Hall–Kier alpha value is -1.42. The molecule has 0 saturated heterocycles. The fourth-order valence-electron chi connectivity index (χ4n) is 1.32. The Morgan fingerprint density at radius 1 is 1.57 bits per heavy atom. The lowest BCUT2D eigenvalue weighted by Crippen LogP contribution is -2.35. The Labute approximate surface area is 86.8 Å². The predicted molar refractivity (Wildman–Crippen MR) is 55.8 cm³/mol. The number of rotatable bonds is 2. The number of aryl methyl sites for hydroxylation is 1. The first-order valence-corrected chi connectivity index (χ1v) is 5.39. The van der Waals surface area contributed by atoms with Crippen LogP contribution in [-0.2, 0) is 6.54 Å². The van der Waals surface area contributed by atoms with Gasteiger partial charge in [-0.2, -0.15) is 4.57 Å². The molecule has 0 spiro atoms. The van der Waals surface area contributed by atoms with E-state index in [2.05, 4.69) is 27.4 Å². The monoisotopic (exact) mass is 207 g/mol. The Morgan fingerprint density at radius 3 is 3.07 bits per heavy atom. The Morgan fingerprint density at radius 2 is 2.43 bits per heavy atom. The molecule has 2 rings (SSSR count). The van der Waals surface area contributed by atoms with Crippen LogP contribution in [0.2, 0.25) is 0 Å². The first-order chi connectivity index (χ1) is 6.77. The van der Waals surface area contributed by atoms with Gasteiger partial charge in [0.15, 0.2) is 12.2 Å². The molecule has 0 aromatic carbocycles. The third-order valence-electron chi connectivity index (χ3n) is 2.20. The van der Waals surface area contributed by atoms with Gasteiger partial charge in [-0.15, -0.1) is 0 Å². The molecule has 0 atom stereocenters. The van der Waals surface area contributed by atoms with Crippen molar-refractivity contribution >= 4 is 17.2 Å². The lowest BCUT2D eigenvalue weighted by Gasteiger charge is -1.95. The van der Waals surface area contributed by atoms with E-state index in [1.807, 2.05) is 18.3 Å². The van der Waals surface area contributed by atoms with Crippen LogP contribution in [0.3, 0.4) is 0 Å². The largest absolute Gasteiger partial charge is 0.287 e. The Kier molecular flexibility index (Phi) is 2.45. The smallest absolute Gasteiger partial charge is 0.279 e. The van der Waals surface area contributed by atoms with Gasteiger partial charge < -0.3 is 0 Å². The summed E-state index contributed by atoms with van der Waals surface area (Å²) in [7, 11) is 0. The zero-order chi connectivity index (χ0) is 9.97. The first-order valence-electron chi connectivity index (χ1n) is 4.44. The molecule has 2 heterocycles. The van der Waals surface area contributed by atoms with E-state index in [0.29, 0.717) is 0 Å². The number of thiazole rings is 1. The highest BCUT2D eigenvalue weighted by Gasteiger charge is 2.12. The van der Waals surface area contributed by atoms with Crippen LogP contribution >= 0.6 is 11.3 Å². The number of nitrogens with two attached hydrogens (primary N) is 1. The molecular formula is C10H13N3S+2. The van der Waals surface area contributed by atoms with Gasteiger partial charge in [-0.3, -0.25) is 5.73 Å². The number of hydrogen-bond acceptors (Lipinski definition) is 2. The van der Waals surface area contributed by atoms with Gasteiger partial charge in [0.05, 0.1) is 11.6 Å². The highest BCUT2D eigenvalue weighted by molar-refractivity contribution is 7.07. The van der Waals surface area contributed by atoms with E-state index in [1.165, 1.54) is 5.69 Å². The molecule has 0 fully saturated rings. The number of H-pyrrole nitrogens is 1. The van der Waals surface area contributed by atoms with E-state index >= 15 is 0 Å². The van der Waals surface area contributed by atoms with E-state index < -0.39 is 0 Å². The topological polar surface area (TPSA) is 44.0 Å². The molecule has 0 aliphatic carbocycles. The van der Waals surface area contributed by atoms with Crippen LogP contribution in [-0.4, -0.2) is 0 Å². The molecular weight excluding hydrogens is 194 g/mol. The molecule has 14 heavy (non-hydrogen) atoms. The van der Waals surface area contributed by atoms with Gasteiger partial charge in [-0.25, -0.2) is 4.98 Å². The van der Waals surface area contributed by atoms with Gasteiger partial charge in [-0.05, 0) is 12.1 Å². The lowest BCUT2D eigenvalue weighted by molar-refractivity contribution is -0.689. The maximum Gasteiger partial charge on any atom is 0.279 e. The molecule has 0 amide bonds. The average molecular weight is 207 g/mol. The van der Waals surface area contributed by atoms with Crippen LogP contribution < -0.4 is 15.3 Å². The molecule has 2 aromatic heterocycles. The standard InChI is InChI=1S/C10H12N3S/c1-8-6-14-7-13(8)5-9-3-2-4-12-10(9)11/h2-4,6-7H,5H2,1H3,(H2,11,12)/q+1/p+1. The average Bonchev–Trinajstić information content (AvgIpc) is 2.56. The van der Waals surface area contributed by atoms with Gasteiger partial charge >= 0.3 is 0 Å². The number of pyridine rings is 1. The maximum absolute atomic E-state index is 5.82. The highest BCUT2D eigenvalue weighted by Crippen LogP contribution is 2.05. The number of nitrogen functional groups attached to an aromatic ring is 1. The minimum Gasteiger partial charge on any atom is -0.287 e. The van der Waals surface area contributed by atoms with Crippen molar-refractivity contribution in [3.63, 3.8) is 0 Å². The van der Waals surface area contributed by atoms with Crippen LogP contribution in [0.15, 0.2) is 29.2 Å². The Balaban J connectivity index is 2.28. The van der Waals surface area contributed by atoms with Gasteiger partial charge in [0, 0.05) is 6.92 Å². The van der Waals surface area contributed by atoms with E-state index in [1.54, 1.807) is 11.3 Å². The third kappa shape index (κ3) is 1.75. The van der Waals surface area contributed by atoms with E-state index in [-0.39, 0.29) is 0 Å². The number of nitrogens with zero attached hydrogens (tertiary/aromatic N) is 1. The van der Waals surface area contributed by atoms with Crippen molar-refractivity contribution in [2.24, 2.45) is 0 Å². The lowest BCUT2D eigenvalue weighted by atomic mass is 10.2. The number of aromatic nitrogens is 2. The van der Waals surface area contributed by atoms with Gasteiger partial charge in [0.25, 0.3) is 5.82 Å². The van der Waals surface area contributed by atoms with Crippen LogP contribution in [0.5, 0.6) is 0 Å². The van der Waals surface area contributed by atoms with Crippen molar-refractivity contribution in [1.82, 2.24) is 0 Å². The quantitative estimate of drug-likeness (QED) is 0.727. The molecule has 0 saturated carbocycles. The van der Waals surface area contributed by atoms with Crippen molar-refractivity contribution in [3.05, 3.63) is 40.5 Å². The molecule has 0 aliphatic heterocycles. The summed E-state index contributed by atoms with van der Waals surface area (Å²) in [6.07, 6.45) is 1.84. The van der Waals surface area contributed by atoms with Gasteiger partial charge in [0.1, 0.15) is 5.56 Å². The molecule has 3 nitrogen and oxygen atoms in total. The minimum absolute atomic E-state index is 0.741. The summed E-state index contributed by atoms with van der Waals surface area (Å²) in [6, 6.07) is 4.00. The second-order valence-electron chi connectivity index (χ2n) is 3.24. The molecule has 72 valence electrons. The van der Waals surface area contributed by atoms with Crippen LogP contribution in [0.1, 0.15) is 11.3 Å². The first kappa shape index (κ1) is 9.15. The number of hydrogen-bond donors (Lipinski definition) is 1. The zero-order valence-electron chi connectivity index (χ0n) is 8.03. The normalized spacial score (nSPS) is 10.4. The van der Waals surface area contributed by atoms with Crippen molar-refractivity contribution in [2.45, 2.75) is 13.5 Å². The fourth-order valence-corrected chi connectivity index (χ4v) is 2.10. The molecule has 4 heteroatoms. The fraction of sp³-hybridized carbons (Fsp3) is 0.200. The molecule has 0 unspecified atom stereocenters. The van der Waals surface area contributed by atoms with Crippen molar-refractivity contribution in [3.8, 4) is 0 Å². The van der Waals surface area contributed by atoms with Gasteiger partial charge in [0.2, 0.25) is 5.51 Å². The van der Waals surface area contributed by atoms with Crippen molar-refractivity contribution < 1.29 is 9.55 Å². The summed E-state index contributed by atoms with van der Waals surface area (Å²) in [5.41, 5.74) is 10.3. The third-order valence-corrected chi connectivity index (χ3v) is 3.05. The van der Waals surface area contributed by atoms with E-state index in [4.69, 9.17) is 5.73 Å². The van der Waals surface area contributed by atoms with Crippen LogP contribution in [0.25, 0.3) is 0 Å². The molecule has 3 N–H and O–H groups in total. The Bertz CT molecular complexity index is 436. The molecule has 2 aromatic rings. The van der Waals surface area contributed by atoms with Crippen LogP contribution in [0, 0.1) is 6.92 Å². The number of anilines is 1. The summed E-state index contributed by atoms with van der Waals surface area (Å²) in [6.45, 7) is 2.93. The molecule has 0 bridgehead atoms. The second kappa shape index (κ2) is 3.75. The van der Waals surface area contributed by atoms with Gasteiger partial charge in [-0.1, -0.05) is 11.3 Å². The highest BCUT2D eigenvalue weighted by atomic mass is 32.1. The molecule has 0 aliphatic rings. The SMILES string of the molecule is Cc1csc[n+]1Cc1ccc[nH+]c1N. The minimum atomic E-state index is 0.741. The number of nitrogens with one attached hydrogen (secondary N) is 1. The summed E-state index contributed by atoms with van der Waals surface area (Å²) in [5, 5.41) is 2.13. The summed E-state index contributed by atoms with van der Waals surface area (Å²) >= 11 is 1.70.